The SMILES string of the molecule is Cc1nc(-c2ccc(F)cc2)ccc1C(=O)CN. The summed E-state index contributed by atoms with van der Waals surface area (Å²) in [7, 11) is 0. The second kappa shape index (κ2) is 5.06. The summed E-state index contributed by atoms with van der Waals surface area (Å²) in [4.78, 5) is 15.9. The molecule has 0 spiro atoms. The number of ketones is 1. The molecule has 2 N–H and O–H groups in total. The van der Waals surface area contributed by atoms with E-state index in [1.54, 1.807) is 31.2 Å². The third-order valence-corrected chi connectivity index (χ3v) is 2.71. The van der Waals surface area contributed by atoms with Crippen LogP contribution in [0.5, 0.6) is 0 Å². The first-order chi connectivity index (χ1) is 8.61. The molecule has 2 aromatic rings. The highest BCUT2D eigenvalue weighted by Gasteiger charge is 2.09. The monoisotopic (exact) mass is 244 g/mol. The number of hydrogen-bond donors (Lipinski definition) is 1. The van der Waals surface area contributed by atoms with Crippen molar-refractivity contribution in [1.82, 2.24) is 4.98 Å². The van der Waals surface area contributed by atoms with Crippen LogP contribution in [0.25, 0.3) is 11.3 Å². The molecule has 0 aliphatic carbocycles. The molecular formula is C14H13FN2O. The first-order valence-corrected chi connectivity index (χ1v) is 5.58. The van der Waals surface area contributed by atoms with Crippen LogP contribution in [0.4, 0.5) is 4.39 Å². The van der Waals surface area contributed by atoms with Crippen molar-refractivity contribution < 1.29 is 9.18 Å². The number of nitrogens with two attached hydrogens (primary N) is 1. The highest BCUT2D eigenvalue weighted by atomic mass is 19.1. The maximum Gasteiger partial charge on any atom is 0.178 e. The van der Waals surface area contributed by atoms with Gasteiger partial charge in [-0.25, -0.2) is 4.39 Å². The van der Waals surface area contributed by atoms with Gasteiger partial charge >= 0.3 is 0 Å². The summed E-state index contributed by atoms with van der Waals surface area (Å²) in [5.74, 6) is -0.420. The van der Waals surface area contributed by atoms with Crippen LogP contribution in [0.1, 0.15) is 16.1 Å². The molecule has 0 amide bonds. The number of pyridine rings is 1. The molecule has 0 saturated heterocycles. The highest BCUT2D eigenvalue weighted by molar-refractivity contribution is 5.98. The van der Waals surface area contributed by atoms with Crippen LogP contribution in [0, 0.1) is 12.7 Å². The predicted molar refractivity (Wildman–Crippen MR) is 67.8 cm³/mol. The molecule has 0 bridgehead atoms. The van der Waals surface area contributed by atoms with Crippen LogP contribution in [-0.4, -0.2) is 17.3 Å². The zero-order valence-electron chi connectivity index (χ0n) is 9.98. The van der Waals surface area contributed by atoms with E-state index >= 15 is 0 Å². The summed E-state index contributed by atoms with van der Waals surface area (Å²) in [6.07, 6.45) is 0. The standard InChI is InChI=1S/C14H13FN2O/c1-9-12(14(18)8-16)6-7-13(17-9)10-2-4-11(15)5-3-10/h2-7H,8,16H2,1H3. The third kappa shape index (κ3) is 2.43. The number of nitrogens with zero attached hydrogens (tertiary/aromatic N) is 1. The first kappa shape index (κ1) is 12.4. The minimum absolute atomic E-state index is 0.0294. The van der Waals surface area contributed by atoms with Crippen molar-refractivity contribution >= 4 is 5.78 Å². The lowest BCUT2D eigenvalue weighted by molar-refractivity contribution is 0.100. The molecule has 0 fully saturated rings. The van der Waals surface area contributed by atoms with Gasteiger partial charge in [0, 0.05) is 16.8 Å². The first-order valence-electron chi connectivity index (χ1n) is 5.58. The van der Waals surface area contributed by atoms with Crippen molar-refractivity contribution in [3.05, 3.63) is 53.5 Å². The Balaban J connectivity index is 2.40. The number of carbonyl (C=O) groups excluding carboxylic acids is 1. The molecule has 0 atom stereocenters. The Bertz CT molecular complexity index is 579. The maximum absolute atomic E-state index is 12.8. The normalized spacial score (nSPS) is 10.4. The third-order valence-electron chi connectivity index (χ3n) is 2.71. The predicted octanol–water partition coefficient (Wildman–Crippen LogP) is 2.34. The molecule has 0 radical (unpaired) electrons. The molecule has 3 nitrogen and oxygen atoms in total. The largest absolute Gasteiger partial charge is 0.324 e. The van der Waals surface area contributed by atoms with E-state index in [0.717, 1.165) is 5.56 Å². The van der Waals surface area contributed by atoms with Crippen LogP contribution >= 0.6 is 0 Å². The number of aryl methyl sites for hydroxylation is 1. The van der Waals surface area contributed by atoms with Gasteiger partial charge in [-0.1, -0.05) is 0 Å². The lowest BCUT2D eigenvalue weighted by Crippen LogP contribution is -2.15. The van der Waals surface area contributed by atoms with E-state index in [4.69, 9.17) is 5.73 Å². The number of aromatic nitrogens is 1. The average Bonchev–Trinajstić information content (AvgIpc) is 2.38. The Hall–Kier alpha value is -2.07. The molecule has 4 heteroatoms. The highest BCUT2D eigenvalue weighted by Crippen LogP contribution is 2.19. The lowest BCUT2D eigenvalue weighted by Gasteiger charge is -2.06. The lowest BCUT2D eigenvalue weighted by atomic mass is 10.1. The van der Waals surface area contributed by atoms with Crippen molar-refractivity contribution in [1.29, 1.82) is 0 Å². The van der Waals surface area contributed by atoms with Crippen LogP contribution in [0.15, 0.2) is 36.4 Å². The second-order valence-corrected chi connectivity index (χ2v) is 3.96. The van der Waals surface area contributed by atoms with Gasteiger partial charge in [0.2, 0.25) is 0 Å². The van der Waals surface area contributed by atoms with E-state index in [9.17, 15) is 9.18 Å². The molecule has 0 aliphatic heterocycles. The van der Waals surface area contributed by atoms with Gasteiger partial charge in [-0.2, -0.15) is 0 Å². The van der Waals surface area contributed by atoms with E-state index in [2.05, 4.69) is 4.98 Å². The van der Waals surface area contributed by atoms with Gasteiger partial charge in [0.1, 0.15) is 5.82 Å². The molecule has 1 aromatic heterocycles. The van der Waals surface area contributed by atoms with Gasteiger partial charge in [-0.15, -0.1) is 0 Å². The summed E-state index contributed by atoms with van der Waals surface area (Å²) in [5, 5.41) is 0. The minimum Gasteiger partial charge on any atom is -0.324 e. The Labute approximate surface area is 104 Å². The average molecular weight is 244 g/mol. The maximum atomic E-state index is 12.8. The Morgan fingerprint density at radius 2 is 1.89 bits per heavy atom. The Morgan fingerprint density at radius 3 is 2.44 bits per heavy atom. The van der Waals surface area contributed by atoms with Gasteiger partial charge in [-0.05, 0) is 43.3 Å². The molecule has 1 heterocycles. The molecule has 92 valence electrons. The fourth-order valence-electron chi connectivity index (χ4n) is 1.75. The summed E-state index contributed by atoms with van der Waals surface area (Å²) >= 11 is 0. The fraction of sp³-hybridized carbons (Fsp3) is 0.143. The number of halogens is 1. The van der Waals surface area contributed by atoms with E-state index in [1.165, 1.54) is 12.1 Å². The second-order valence-electron chi connectivity index (χ2n) is 3.96. The van der Waals surface area contributed by atoms with Crippen LogP contribution < -0.4 is 5.73 Å². The zero-order chi connectivity index (χ0) is 13.1. The van der Waals surface area contributed by atoms with Crippen molar-refractivity contribution in [2.24, 2.45) is 5.73 Å². The summed E-state index contributed by atoms with van der Waals surface area (Å²) in [5.41, 5.74) is 8.00. The number of carbonyl (C=O) groups is 1. The van der Waals surface area contributed by atoms with E-state index < -0.39 is 0 Å². The summed E-state index contributed by atoms with van der Waals surface area (Å²) in [6, 6.07) is 9.51. The Kier molecular flexibility index (Phi) is 3.48. The van der Waals surface area contributed by atoms with Crippen molar-refractivity contribution in [3.63, 3.8) is 0 Å². The van der Waals surface area contributed by atoms with Crippen molar-refractivity contribution in [2.45, 2.75) is 6.92 Å². The minimum atomic E-state index is -0.287. The summed E-state index contributed by atoms with van der Waals surface area (Å²) in [6.45, 7) is 1.73. The van der Waals surface area contributed by atoms with Crippen LogP contribution in [0.2, 0.25) is 0 Å². The van der Waals surface area contributed by atoms with Gasteiger partial charge in [0.25, 0.3) is 0 Å². The number of benzene rings is 1. The quantitative estimate of drug-likeness (QED) is 0.843. The Morgan fingerprint density at radius 1 is 1.22 bits per heavy atom. The molecular weight excluding hydrogens is 231 g/mol. The molecule has 1 aromatic carbocycles. The van der Waals surface area contributed by atoms with E-state index in [0.29, 0.717) is 17.0 Å². The number of Topliss-reactive ketones (excluding diaryl/α,β-unsaturated/α-hetero) is 1. The van der Waals surface area contributed by atoms with Gasteiger partial charge in [0.05, 0.1) is 12.2 Å². The molecule has 0 unspecified atom stereocenters. The van der Waals surface area contributed by atoms with Crippen LogP contribution in [0.3, 0.4) is 0 Å². The van der Waals surface area contributed by atoms with Gasteiger partial charge in [-0.3, -0.25) is 9.78 Å². The summed E-state index contributed by atoms with van der Waals surface area (Å²) < 4.78 is 12.8. The van der Waals surface area contributed by atoms with Crippen molar-refractivity contribution in [3.8, 4) is 11.3 Å². The molecule has 0 saturated carbocycles. The molecule has 18 heavy (non-hydrogen) atoms. The van der Waals surface area contributed by atoms with E-state index in [1.807, 2.05) is 0 Å². The van der Waals surface area contributed by atoms with Gasteiger partial charge in [0.15, 0.2) is 5.78 Å². The van der Waals surface area contributed by atoms with Crippen molar-refractivity contribution in [2.75, 3.05) is 6.54 Å². The smallest absolute Gasteiger partial charge is 0.178 e. The number of rotatable bonds is 3. The molecule has 2 rings (SSSR count). The van der Waals surface area contributed by atoms with Crippen LogP contribution in [-0.2, 0) is 0 Å². The van der Waals surface area contributed by atoms with Gasteiger partial charge < -0.3 is 5.73 Å². The fourth-order valence-corrected chi connectivity index (χ4v) is 1.75. The topological polar surface area (TPSA) is 56.0 Å². The number of hydrogen-bond acceptors (Lipinski definition) is 3. The van der Waals surface area contributed by atoms with E-state index in [-0.39, 0.29) is 18.1 Å². The zero-order valence-corrected chi connectivity index (χ0v) is 9.98. The molecule has 0 aliphatic rings.